The van der Waals surface area contributed by atoms with E-state index in [1.54, 1.807) is 19.1 Å². The van der Waals surface area contributed by atoms with Gasteiger partial charge in [-0.15, -0.1) is 0 Å². The summed E-state index contributed by atoms with van der Waals surface area (Å²) in [6.07, 6.45) is 1.53. The van der Waals surface area contributed by atoms with E-state index < -0.39 is 5.82 Å². The van der Waals surface area contributed by atoms with Crippen LogP contribution in [0.4, 0.5) is 10.3 Å². The van der Waals surface area contributed by atoms with Gasteiger partial charge in [-0.25, -0.2) is 14.1 Å². The molecule has 0 radical (unpaired) electrons. The second kappa shape index (κ2) is 8.34. The molecule has 0 saturated carbocycles. The Morgan fingerprint density at radius 2 is 1.97 bits per heavy atom. The van der Waals surface area contributed by atoms with Crippen LogP contribution < -0.4 is 11.2 Å². The molecule has 0 spiro atoms. The molecule has 11 heteroatoms. The van der Waals surface area contributed by atoms with Gasteiger partial charge in [-0.1, -0.05) is 40.5 Å². The number of hydrogen-bond acceptors (Lipinski definition) is 7. The molecule has 0 aliphatic carbocycles. The number of nitrogen functional groups attached to an aromatic ring is 1. The highest BCUT2D eigenvalue weighted by Gasteiger charge is 2.19. The molecule has 3 aromatic heterocycles. The van der Waals surface area contributed by atoms with Gasteiger partial charge in [-0.05, 0) is 35.9 Å². The van der Waals surface area contributed by atoms with E-state index in [-0.39, 0.29) is 18.1 Å². The summed E-state index contributed by atoms with van der Waals surface area (Å²) in [5.41, 5.74) is 3.14. The molecular weight excluding hydrogens is 468 g/mol. The number of nitrogens with one attached hydrogen (secondary N) is 1. The van der Waals surface area contributed by atoms with Crippen molar-refractivity contribution in [3.8, 4) is 22.5 Å². The second-order valence-corrected chi connectivity index (χ2v) is 8.09. The highest BCUT2D eigenvalue weighted by molar-refractivity contribution is 6.37. The molecule has 0 aliphatic heterocycles. The van der Waals surface area contributed by atoms with Gasteiger partial charge in [0.1, 0.15) is 5.82 Å². The number of para-hydroxylation sites is 2. The summed E-state index contributed by atoms with van der Waals surface area (Å²) in [5, 5.41) is 7.65. The van der Waals surface area contributed by atoms with Crippen molar-refractivity contribution in [2.75, 3.05) is 11.2 Å². The van der Waals surface area contributed by atoms with Crippen LogP contribution in [-0.4, -0.2) is 24.8 Å². The van der Waals surface area contributed by atoms with Crippen molar-refractivity contribution in [2.45, 2.75) is 13.5 Å². The molecule has 8 nitrogen and oxygen atoms in total. The van der Waals surface area contributed by atoms with Crippen molar-refractivity contribution in [2.24, 2.45) is 0 Å². The number of anilines is 1. The van der Waals surface area contributed by atoms with Crippen molar-refractivity contribution in [3.05, 3.63) is 76.1 Å². The monoisotopic (exact) mass is 483 g/mol. The number of aryl methyl sites for hydroxylation is 1. The van der Waals surface area contributed by atoms with Crippen LogP contribution in [0.5, 0.6) is 0 Å². The summed E-state index contributed by atoms with van der Waals surface area (Å²) >= 11 is 12.6. The number of hydrogen-bond donors (Lipinski definition) is 2. The Bertz CT molecular complexity index is 1500. The van der Waals surface area contributed by atoms with Crippen molar-refractivity contribution in [3.63, 3.8) is 0 Å². The van der Waals surface area contributed by atoms with Crippen LogP contribution in [0.3, 0.4) is 0 Å². The van der Waals surface area contributed by atoms with Crippen LogP contribution in [0.25, 0.3) is 33.5 Å². The molecular formula is C22H16Cl2FN7O. The maximum Gasteiger partial charge on any atom is 0.223 e. The molecule has 0 bridgehead atoms. The van der Waals surface area contributed by atoms with Crippen molar-refractivity contribution < 1.29 is 8.91 Å². The molecule has 0 aliphatic rings. The van der Waals surface area contributed by atoms with Gasteiger partial charge in [-0.3, -0.25) is 4.98 Å². The van der Waals surface area contributed by atoms with Crippen molar-refractivity contribution >= 4 is 40.2 Å². The minimum atomic E-state index is -0.522. The van der Waals surface area contributed by atoms with Crippen molar-refractivity contribution in [1.82, 2.24) is 24.8 Å². The number of benzene rings is 2. The number of nitrogens with zero attached hydrogens (tertiary/aromatic N) is 5. The zero-order valence-corrected chi connectivity index (χ0v) is 18.7. The lowest BCUT2D eigenvalue weighted by molar-refractivity contribution is 0.394. The minimum absolute atomic E-state index is 0.0832. The second-order valence-electron chi connectivity index (χ2n) is 7.25. The summed E-state index contributed by atoms with van der Waals surface area (Å²) in [5.74, 6) is 6.60. The molecule has 166 valence electrons. The van der Waals surface area contributed by atoms with Crippen LogP contribution in [0.15, 0.2) is 53.2 Å². The summed E-state index contributed by atoms with van der Waals surface area (Å²) in [6, 6.07) is 12.0. The molecule has 0 amide bonds. The molecule has 0 unspecified atom stereocenters. The Labute approximate surface area is 197 Å². The number of nitrogens with two attached hydrogens (primary N) is 1. The Balaban J connectivity index is 1.46. The number of aromatic nitrogens is 5. The normalized spacial score (nSPS) is 11.3. The average Bonchev–Trinajstić information content (AvgIpc) is 3.35. The van der Waals surface area contributed by atoms with Crippen LogP contribution in [0.2, 0.25) is 10.0 Å². The maximum atomic E-state index is 15.0. The predicted octanol–water partition coefficient (Wildman–Crippen LogP) is 5.23. The lowest BCUT2D eigenvalue weighted by Gasteiger charge is -2.12. The Hall–Kier alpha value is -3.69. The number of fused-ring (bicyclic) bond motifs is 1. The summed E-state index contributed by atoms with van der Waals surface area (Å²) in [6.45, 7) is 1.75. The number of imidazole rings is 1. The Morgan fingerprint density at radius 1 is 1.15 bits per heavy atom. The van der Waals surface area contributed by atoms with E-state index in [1.807, 2.05) is 24.3 Å². The molecule has 0 saturated heterocycles. The predicted molar refractivity (Wildman–Crippen MR) is 125 cm³/mol. The van der Waals surface area contributed by atoms with Crippen LogP contribution in [0.1, 0.15) is 11.6 Å². The quantitative estimate of drug-likeness (QED) is 0.329. The summed E-state index contributed by atoms with van der Waals surface area (Å²) < 4.78 is 21.5. The average molecular weight is 484 g/mol. The SMILES string of the molecule is Cc1nc(-c2c(Cl)cc(Cl)cc2-c2cnc(CNc3nc4ccccc4n3N)c(F)c2)no1. The topological polar surface area (TPSA) is 108 Å². The van der Waals surface area contributed by atoms with Crippen LogP contribution in [-0.2, 0) is 6.54 Å². The van der Waals surface area contributed by atoms with Gasteiger partial charge in [0.25, 0.3) is 0 Å². The van der Waals surface area contributed by atoms with E-state index in [9.17, 15) is 0 Å². The zero-order chi connectivity index (χ0) is 23.1. The van der Waals surface area contributed by atoms with Gasteiger partial charge in [0.05, 0.1) is 28.3 Å². The standard InChI is InChI=1S/C22H16Cl2FN7O/c1-11-29-21(31-33-11)20-14(7-13(23)8-15(20)24)12-6-16(25)18(27-9-12)10-28-22-30-17-4-2-3-5-19(17)32(22)26/h2-9H,10,26H2,1H3,(H,28,30). The van der Waals surface area contributed by atoms with Gasteiger partial charge in [0.2, 0.25) is 17.7 Å². The zero-order valence-electron chi connectivity index (χ0n) is 17.2. The Morgan fingerprint density at radius 3 is 2.70 bits per heavy atom. The number of pyridine rings is 1. The highest BCUT2D eigenvalue weighted by atomic mass is 35.5. The van der Waals surface area contributed by atoms with E-state index in [0.717, 1.165) is 11.0 Å². The summed E-state index contributed by atoms with van der Waals surface area (Å²) in [4.78, 5) is 12.9. The lowest BCUT2D eigenvalue weighted by Crippen LogP contribution is -2.14. The first kappa shape index (κ1) is 21.2. The maximum absolute atomic E-state index is 15.0. The molecule has 33 heavy (non-hydrogen) atoms. The third-order valence-electron chi connectivity index (χ3n) is 5.04. The van der Waals surface area contributed by atoms with Crippen LogP contribution in [0, 0.1) is 12.7 Å². The molecule has 5 aromatic rings. The van der Waals surface area contributed by atoms with E-state index in [0.29, 0.717) is 38.6 Å². The third-order valence-corrected chi connectivity index (χ3v) is 5.56. The first-order valence-corrected chi connectivity index (χ1v) is 10.6. The van der Waals surface area contributed by atoms with Crippen molar-refractivity contribution in [1.29, 1.82) is 0 Å². The molecule has 3 N–H and O–H groups in total. The fourth-order valence-electron chi connectivity index (χ4n) is 3.50. The lowest BCUT2D eigenvalue weighted by atomic mass is 10.00. The van der Waals surface area contributed by atoms with Gasteiger partial charge in [-0.2, -0.15) is 4.98 Å². The van der Waals surface area contributed by atoms with E-state index in [1.165, 1.54) is 16.9 Å². The van der Waals surface area contributed by atoms with E-state index in [2.05, 4.69) is 25.4 Å². The molecule has 2 aromatic carbocycles. The Kier molecular flexibility index (Phi) is 5.35. The highest BCUT2D eigenvalue weighted by Crippen LogP contribution is 2.38. The number of rotatable bonds is 5. The molecule has 3 heterocycles. The summed E-state index contributed by atoms with van der Waals surface area (Å²) in [7, 11) is 0. The first-order chi connectivity index (χ1) is 15.9. The van der Waals surface area contributed by atoms with Crippen LogP contribution >= 0.6 is 23.2 Å². The smallest absolute Gasteiger partial charge is 0.223 e. The minimum Gasteiger partial charge on any atom is -0.348 e. The fraction of sp³-hybridized carbons (Fsp3) is 0.0909. The molecule has 0 fully saturated rings. The fourth-order valence-corrected chi connectivity index (χ4v) is 4.08. The molecule has 0 atom stereocenters. The third kappa shape index (κ3) is 3.96. The molecule has 5 rings (SSSR count). The van der Waals surface area contributed by atoms with Gasteiger partial charge in [0, 0.05) is 29.3 Å². The van der Waals surface area contributed by atoms with Gasteiger partial charge in [0.15, 0.2) is 0 Å². The number of halogens is 3. The largest absolute Gasteiger partial charge is 0.348 e. The first-order valence-electron chi connectivity index (χ1n) is 9.81. The van der Waals surface area contributed by atoms with E-state index in [4.69, 9.17) is 33.6 Å². The van der Waals surface area contributed by atoms with E-state index >= 15 is 4.39 Å². The van der Waals surface area contributed by atoms with Gasteiger partial charge < -0.3 is 15.7 Å². The van der Waals surface area contributed by atoms with Gasteiger partial charge >= 0.3 is 0 Å².